The molecule has 0 unspecified atom stereocenters. The molecule has 6 nitrogen and oxygen atoms in total. The summed E-state index contributed by atoms with van der Waals surface area (Å²) in [7, 11) is 0. The topological polar surface area (TPSA) is 60.4 Å². The van der Waals surface area contributed by atoms with Gasteiger partial charge in [0.1, 0.15) is 0 Å². The van der Waals surface area contributed by atoms with Gasteiger partial charge < -0.3 is 0 Å². The first-order valence-corrected chi connectivity index (χ1v) is 6.19. The van der Waals surface area contributed by atoms with E-state index >= 15 is 0 Å². The molecule has 0 spiro atoms. The zero-order valence-corrected chi connectivity index (χ0v) is 11.2. The van der Waals surface area contributed by atoms with Crippen LogP contribution in [0.1, 0.15) is 6.42 Å². The van der Waals surface area contributed by atoms with Crippen LogP contribution in [0.2, 0.25) is 0 Å². The van der Waals surface area contributed by atoms with Crippen molar-refractivity contribution in [1.29, 1.82) is 0 Å². The molecule has 21 heavy (non-hydrogen) atoms. The van der Waals surface area contributed by atoms with Crippen molar-refractivity contribution < 1.29 is 28.7 Å². The summed E-state index contributed by atoms with van der Waals surface area (Å²) in [5.74, 6) is -1.30. The summed E-state index contributed by atoms with van der Waals surface area (Å²) in [5.41, 5.74) is 0.00730. The van der Waals surface area contributed by atoms with Crippen molar-refractivity contribution in [2.45, 2.75) is 6.42 Å². The van der Waals surface area contributed by atoms with E-state index in [4.69, 9.17) is 9.68 Å². The van der Waals surface area contributed by atoms with Crippen LogP contribution >= 0.6 is 0 Å². The monoisotopic (exact) mass is 286 g/mol. The van der Waals surface area contributed by atoms with Gasteiger partial charge in [-0.25, -0.2) is 9.59 Å². The smallest absolute Gasteiger partial charge is 0.244 e. The van der Waals surface area contributed by atoms with E-state index in [0.717, 1.165) is 0 Å². The highest BCUT2D eigenvalue weighted by Gasteiger charge is 2.21. The fraction of sp³-hybridized carbons (Fsp3) is 0.0667. The van der Waals surface area contributed by atoms with Crippen LogP contribution in [0.4, 0.5) is 0 Å². The summed E-state index contributed by atoms with van der Waals surface area (Å²) < 4.78 is 2.47. The molecule has 0 radical (unpaired) electrons. The highest BCUT2D eigenvalue weighted by Crippen LogP contribution is 1.98. The Morgan fingerprint density at radius 2 is 1.29 bits per heavy atom. The van der Waals surface area contributed by atoms with Gasteiger partial charge in [0.2, 0.25) is 24.8 Å². The van der Waals surface area contributed by atoms with E-state index in [2.05, 4.69) is 6.58 Å². The van der Waals surface area contributed by atoms with Gasteiger partial charge in [0.15, 0.2) is 0 Å². The molecule has 0 atom stereocenters. The number of carbonyl (C=O) groups excluding carboxylic acids is 2. The van der Waals surface area contributed by atoms with Gasteiger partial charge in [-0.1, -0.05) is 18.7 Å². The SMILES string of the molecule is C=C(CC(=O)O[n+]1ccccc1)C(=O)O[n+]1ccccc1. The lowest BCUT2D eigenvalue weighted by atomic mass is 10.2. The summed E-state index contributed by atoms with van der Waals surface area (Å²) in [5, 5.41) is 0. The van der Waals surface area contributed by atoms with Crippen LogP contribution in [-0.2, 0) is 9.59 Å². The zero-order chi connectivity index (χ0) is 15.1. The Bertz CT molecular complexity index is 641. The number of rotatable bonds is 5. The van der Waals surface area contributed by atoms with Crippen LogP contribution in [0.15, 0.2) is 73.3 Å². The number of pyridine rings is 2. The van der Waals surface area contributed by atoms with Crippen LogP contribution in [0.5, 0.6) is 0 Å². The molecule has 2 aromatic heterocycles. The van der Waals surface area contributed by atoms with Crippen molar-refractivity contribution in [1.82, 2.24) is 0 Å². The standard InChI is InChI=1S/C15H14N2O4/c1-13(15(19)21-17-10-6-3-7-11-17)12-14(18)20-16-8-4-2-5-9-16/h2-11H,1,12H2/q+2. The molecule has 2 rings (SSSR count). The van der Waals surface area contributed by atoms with E-state index in [9.17, 15) is 9.59 Å². The largest absolute Gasteiger partial charge is 0.407 e. The third-order valence-corrected chi connectivity index (χ3v) is 2.42. The van der Waals surface area contributed by atoms with Gasteiger partial charge in [0.05, 0.1) is 6.42 Å². The minimum absolute atomic E-state index is 0.00730. The second-order valence-corrected chi connectivity index (χ2v) is 4.09. The second-order valence-electron chi connectivity index (χ2n) is 4.09. The van der Waals surface area contributed by atoms with Crippen molar-refractivity contribution in [2.75, 3.05) is 0 Å². The zero-order valence-electron chi connectivity index (χ0n) is 11.2. The number of nitrogens with zero attached hydrogens (tertiary/aromatic N) is 2. The summed E-state index contributed by atoms with van der Waals surface area (Å²) in [6.45, 7) is 3.53. The van der Waals surface area contributed by atoms with Gasteiger partial charge in [-0.05, 0) is 0 Å². The molecular formula is C15H14N2O4+2. The number of hydrogen-bond donors (Lipinski definition) is 0. The third-order valence-electron chi connectivity index (χ3n) is 2.42. The number of hydrogen-bond acceptors (Lipinski definition) is 4. The first-order valence-electron chi connectivity index (χ1n) is 6.19. The predicted octanol–water partition coefficient (Wildman–Crippen LogP) is -0.181. The molecule has 0 amide bonds. The molecule has 0 N–H and O–H groups in total. The first kappa shape index (κ1) is 14.4. The maximum atomic E-state index is 11.7. The molecule has 0 saturated heterocycles. The highest BCUT2D eigenvalue weighted by molar-refractivity contribution is 5.92. The second kappa shape index (κ2) is 6.95. The molecule has 0 aliphatic rings. The Labute approximate surface area is 121 Å². The maximum Gasteiger partial charge on any atom is 0.407 e. The molecule has 0 fully saturated rings. The fourth-order valence-electron chi connectivity index (χ4n) is 1.44. The Morgan fingerprint density at radius 1 is 0.810 bits per heavy atom. The van der Waals surface area contributed by atoms with Crippen molar-refractivity contribution in [3.63, 3.8) is 0 Å². The Morgan fingerprint density at radius 3 is 1.81 bits per heavy atom. The lowest BCUT2D eigenvalue weighted by Crippen LogP contribution is -2.47. The molecule has 0 saturated carbocycles. The Kier molecular flexibility index (Phi) is 4.76. The highest BCUT2D eigenvalue weighted by atomic mass is 16.7. The van der Waals surface area contributed by atoms with Crippen LogP contribution in [0, 0.1) is 0 Å². The van der Waals surface area contributed by atoms with E-state index in [1.54, 1.807) is 61.2 Å². The van der Waals surface area contributed by atoms with Crippen molar-refractivity contribution in [2.24, 2.45) is 0 Å². The average Bonchev–Trinajstić information content (AvgIpc) is 2.49. The first-order chi connectivity index (χ1) is 10.1. The van der Waals surface area contributed by atoms with E-state index in [0.29, 0.717) is 0 Å². The van der Waals surface area contributed by atoms with Gasteiger partial charge in [-0.3, -0.25) is 0 Å². The van der Waals surface area contributed by atoms with Crippen LogP contribution < -0.4 is 19.1 Å². The van der Waals surface area contributed by atoms with E-state index < -0.39 is 11.9 Å². The third kappa shape index (κ3) is 4.54. The minimum Gasteiger partial charge on any atom is -0.244 e. The van der Waals surface area contributed by atoms with Crippen molar-refractivity contribution in [3.05, 3.63) is 73.3 Å². The quantitative estimate of drug-likeness (QED) is 0.565. The van der Waals surface area contributed by atoms with E-state index in [1.807, 2.05) is 0 Å². The van der Waals surface area contributed by atoms with Crippen LogP contribution in [0.25, 0.3) is 0 Å². The lowest BCUT2D eigenvalue weighted by molar-refractivity contribution is -0.870. The number of aromatic nitrogens is 2. The molecule has 0 aliphatic heterocycles. The van der Waals surface area contributed by atoms with E-state index in [-0.39, 0.29) is 12.0 Å². The molecule has 106 valence electrons. The Hall–Kier alpha value is -3.02. The normalized spacial score (nSPS) is 9.71. The Balaban J connectivity index is 1.86. The predicted molar refractivity (Wildman–Crippen MR) is 70.2 cm³/mol. The van der Waals surface area contributed by atoms with Gasteiger partial charge in [-0.2, -0.15) is 9.68 Å². The summed E-state index contributed by atoms with van der Waals surface area (Å²) in [6, 6.07) is 10.4. The summed E-state index contributed by atoms with van der Waals surface area (Å²) in [6.07, 6.45) is 6.00. The van der Waals surface area contributed by atoms with Gasteiger partial charge in [-0.15, -0.1) is 0 Å². The maximum absolute atomic E-state index is 11.7. The molecule has 2 heterocycles. The molecule has 6 heteroatoms. The molecule has 0 aliphatic carbocycles. The molecule has 0 bridgehead atoms. The molecule has 0 aromatic carbocycles. The van der Waals surface area contributed by atoms with Gasteiger partial charge in [0.25, 0.3) is 0 Å². The van der Waals surface area contributed by atoms with Crippen molar-refractivity contribution in [3.8, 4) is 0 Å². The minimum atomic E-state index is -0.693. The average molecular weight is 286 g/mol. The molecular weight excluding hydrogens is 272 g/mol. The van der Waals surface area contributed by atoms with Crippen LogP contribution in [0.3, 0.4) is 0 Å². The van der Waals surface area contributed by atoms with Crippen molar-refractivity contribution >= 4 is 11.9 Å². The van der Waals surface area contributed by atoms with Crippen LogP contribution in [-0.4, -0.2) is 11.9 Å². The molecule has 2 aromatic rings. The van der Waals surface area contributed by atoms with Gasteiger partial charge in [0, 0.05) is 39.3 Å². The number of carbonyl (C=O) groups is 2. The fourth-order valence-corrected chi connectivity index (χ4v) is 1.44. The van der Waals surface area contributed by atoms with E-state index in [1.165, 1.54) is 9.46 Å². The lowest BCUT2D eigenvalue weighted by Gasteiger charge is -1.99. The van der Waals surface area contributed by atoms with Gasteiger partial charge >= 0.3 is 11.9 Å². The summed E-state index contributed by atoms with van der Waals surface area (Å²) in [4.78, 5) is 33.4. The summed E-state index contributed by atoms with van der Waals surface area (Å²) >= 11 is 0.